The molecule has 0 spiro atoms. The summed E-state index contributed by atoms with van der Waals surface area (Å²) < 4.78 is 0. The lowest BCUT2D eigenvalue weighted by molar-refractivity contribution is -0.118. The Morgan fingerprint density at radius 1 is 1.20 bits per heavy atom. The van der Waals surface area contributed by atoms with Gasteiger partial charge in [0, 0.05) is 26.6 Å². The van der Waals surface area contributed by atoms with E-state index >= 15 is 0 Å². The first kappa shape index (κ1) is 16.0. The molecule has 5 heteroatoms. The summed E-state index contributed by atoms with van der Waals surface area (Å²) in [4.78, 5) is 15.3. The number of carbonyl (C=O) groups is 1. The minimum Gasteiger partial charge on any atom is -0.357 e. The second kappa shape index (κ2) is 8.96. The van der Waals surface area contributed by atoms with Crippen LogP contribution in [0.1, 0.15) is 25.0 Å². The quantitative estimate of drug-likeness (QED) is 0.415. The first-order valence-electron chi connectivity index (χ1n) is 6.94. The predicted octanol–water partition coefficient (Wildman–Crippen LogP) is 1.19. The summed E-state index contributed by atoms with van der Waals surface area (Å²) in [6.07, 6.45) is 0. The molecule has 0 aromatic heterocycles. The molecule has 0 bridgehead atoms. The zero-order valence-corrected chi connectivity index (χ0v) is 12.5. The molecule has 1 aromatic rings. The van der Waals surface area contributed by atoms with Crippen molar-refractivity contribution in [1.82, 2.24) is 16.0 Å². The average Bonchev–Trinajstić information content (AvgIpc) is 2.40. The van der Waals surface area contributed by atoms with Crippen molar-refractivity contribution in [3.8, 4) is 0 Å². The fourth-order valence-electron chi connectivity index (χ4n) is 1.74. The number of hydrogen-bond acceptors (Lipinski definition) is 2. The van der Waals surface area contributed by atoms with Gasteiger partial charge in [-0.3, -0.25) is 4.79 Å². The van der Waals surface area contributed by atoms with Crippen molar-refractivity contribution in [2.24, 2.45) is 4.99 Å². The molecule has 0 unspecified atom stereocenters. The first-order chi connectivity index (χ1) is 9.61. The van der Waals surface area contributed by atoms with E-state index in [0.29, 0.717) is 19.6 Å². The van der Waals surface area contributed by atoms with Crippen LogP contribution in [0.2, 0.25) is 0 Å². The van der Waals surface area contributed by atoms with Crippen LogP contribution >= 0.6 is 0 Å². The van der Waals surface area contributed by atoms with Gasteiger partial charge in [-0.1, -0.05) is 29.8 Å². The molecule has 0 fully saturated rings. The van der Waals surface area contributed by atoms with E-state index in [1.807, 2.05) is 13.0 Å². The summed E-state index contributed by atoms with van der Waals surface area (Å²) in [5, 5.41) is 9.11. The molecule has 5 nitrogen and oxygen atoms in total. The van der Waals surface area contributed by atoms with Gasteiger partial charge >= 0.3 is 0 Å². The zero-order valence-electron chi connectivity index (χ0n) is 12.5. The molecule has 0 saturated heterocycles. The van der Waals surface area contributed by atoms with Crippen LogP contribution in [0.15, 0.2) is 29.3 Å². The van der Waals surface area contributed by atoms with Crippen molar-refractivity contribution in [1.29, 1.82) is 0 Å². The van der Waals surface area contributed by atoms with Crippen molar-refractivity contribution in [2.45, 2.75) is 27.3 Å². The van der Waals surface area contributed by atoms with E-state index in [9.17, 15) is 4.79 Å². The molecule has 110 valence electrons. The molecule has 20 heavy (non-hydrogen) atoms. The molecule has 1 aromatic carbocycles. The number of aryl methyl sites for hydroxylation is 1. The Labute approximate surface area is 120 Å². The molecule has 0 aliphatic rings. The highest BCUT2D eigenvalue weighted by molar-refractivity contribution is 5.79. The van der Waals surface area contributed by atoms with Gasteiger partial charge in [0.15, 0.2) is 5.96 Å². The van der Waals surface area contributed by atoms with Gasteiger partial charge in [-0.2, -0.15) is 0 Å². The van der Waals surface area contributed by atoms with E-state index < -0.39 is 0 Å². The highest BCUT2D eigenvalue weighted by Gasteiger charge is 1.98. The highest BCUT2D eigenvalue weighted by atomic mass is 16.1. The molecule has 0 aliphatic carbocycles. The Kier molecular flexibility index (Phi) is 7.17. The lowest BCUT2D eigenvalue weighted by Crippen LogP contribution is -2.41. The number of nitrogens with one attached hydrogen (secondary N) is 3. The van der Waals surface area contributed by atoms with Gasteiger partial charge in [0.25, 0.3) is 0 Å². The third-order valence-corrected chi connectivity index (χ3v) is 2.64. The number of rotatable bonds is 6. The molecule has 1 rings (SSSR count). The van der Waals surface area contributed by atoms with Crippen molar-refractivity contribution in [3.63, 3.8) is 0 Å². The number of aliphatic imine (C=N–C) groups is 1. The van der Waals surface area contributed by atoms with Gasteiger partial charge in [0.1, 0.15) is 0 Å². The van der Waals surface area contributed by atoms with Crippen LogP contribution in [0.4, 0.5) is 0 Å². The van der Waals surface area contributed by atoms with E-state index in [1.54, 1.807) is 0 Å². The van der Waals surface area contributed by atoms with Crippen LogP contribution in [0.25, 0.3) is 0 Å². The summed E-state index contributed by atoms with van der Waals surface area (Å²) in [6, 6.07) is 8.31. The minimum atomic E-state index is -0.0199. The third-order valence-electron chi connectivity index (χ3n) is 2.64. The maximum Gasteiger partial charge on any atom is 0.216 e. The SMILES string of the molecule is CCNC(=NCc1cccc(C)c1)NCCNC(C)=O. The Morgan fingerprint density at radius 3 is 2.60 bits per heavy atom. The van der Waals surface area contributed by atoms with E-state index in [4.69, 9.17) is 0 Å². The molecular formula is C15H24N4O. The Balaban J connectivity index is 2.47. The van der Waals surface area contributed by atoms with E-state index in [2.05, 4.69) is 46.1 Å². The largest absolute Gasteiger partial charge is 0.357 e. The lowest BCUT2D eigenvalue weighted by atomic mass is 10.1. The topological polar surface area (TPSA) is 65.5 Å². The van der Waals surface area contributed by atoms with Gasteiger partial charge in [-0.25, -0.2) is 4.99 Å². The number of amides is 1. The smallest absolute Gasteiger partial charge is 0.216 e. The zero-order chi connectivity index (χ0) is 14.8. The van der Waals surface area contributed by atoms with E-state index in [-0.39, 0.29) is 5.91 Å². The second-order valence-electron chi connectivity index (χ2n) is 4.59. The summed E-state index contributed by atoms with van der Waals surface area (Å²) >= 11 is 0. The predicted molar refractivity (Wildman–Crippen MR) is 82.7 cm³/mol. The normalized spacial score (nSPS) is 11.1. The van der Waals surface area contributed by atoms with E-state index in [0.717, 1.165) is 12.5 Å². The summed E-state index contributed by atoms with van der Waals surface area (Å²) in [7, 11) is 0. The molecular weight excluding hydrogens is 252 g/mol. The van der Waals surface area contributed by atoms with Gasteiger partial charge in [0.2, 0.25) is 5.91 Å². The van der Waals surface area contributed by atoms with Crippen LogP contribution < -0.4 is 16.0 Å². The monoisotopic (exact) mass is 276 g/mol. The minimum absolute atomic E-state index is 0.0199. The van der Waals surface area contributed by atoms with Crippen LogP contribution in [0, 0.1) is 6.92 Å². The number of hydrogen-bond donors (Lipinski definition) is 3. The lowest BCUT2D eigenvalue weighted by Gasteiger charge is -2.11. The number of guanidine groups is 1. The Morgan fingerprint density at radius 2 is 1.95 bits per heavy atom. The van der Waals surface area contributed by atoms with Gasteiger partial charge in [-0.15, -0.1) is 0 Å². The fourth-order valence-corrected chi connectivity index (χ4v) is 1.74. The van der Waals surface area contributed by atoms with Crippen LogP contribution in [-0.2, 0) is 11.3 Å². The summed E-state index contributed by atoms with van der Waals surface area (Å²) in [6.45, 7) is 8.29. The first-order valence-corrected chi connectivity index (χ1v) is 6.94. The molecule has 1 amide bonds. The maximum atomic E-state index is 10.8. The number of nitrogens with zero attached hydrogens (tertiary/aromatic N) is 1. The highest BCUT2D eigenvalue weighted by Crippen LogP contribution is 2.04. The van der Waals surface area contributed by atoms with Crippen molar-refractivity contribution in [3.05, 3.63) is 35.4 Å². The van der Waals surface area contributed by atoms with Crippen LogP contribution in [-0.4, -0.2) is 31.5 Å². The maximum absolute atomic E-state index is 10.8. The molecule has 0 aliphatic heterocycles. The van der Waals surface area contributed by atoms with Gasteiger partial charge in [-0.05, 0) is 19.4 Å². The van der Waals surface area contributed by atoms with Crippen molar-refractivity contribution < 1.29 is 4.79 Å². The molecule has 0 heterocycles. The molecule has 0 radical (unpaired) electrons. The van der Waals surface area contributed by atoms with Crippen molar-refractivity contribution in [2.75, 3.05) is 19.6 Å². The summed E-state index contributed by atoms with van der Waals surface area (Å²) in [5.74, 6) is 0.743. The third kappa shape index (κ3) is 6.78. The summed E-state index contributed by atoms with van der Waals surface area (Å²) in [5.41, 5.74) is 2.42. The Bertz CT molecular complexity index is 457. The molecule has 0 saturated carbocycles. The number of carbonyl (C=O) groups excluding carboxylic acids is 1. The Hall–Kier alpha value is -2.04. The van der Waals surface area contributed by atoms with E-state index in [1.165, 1.54) is 18.1 Å². The standard InChI is InChI=1S/C15H24N4O/c1-4-16-15(18-9-8-17-13(3)20)19-11-14-7-5-6-12(2)10-14/h5-7,10H,4,8-9,11H2,1-3H3,(H,17,20)(H2,16,18,19). The van der Waals surface area contributed by atoms with Crippen LogP contribution in [0.5, 0.6) is 0 Å². The molecule has 3 N–H and O–H groups in total. The van der Waals surface area contributed by atoms with Crippen molar-refractivity contribution >= 4 is 11.9 Å². The second-order valence-corrected chi connectivity index (χ2v) is 4.59. The van der Waals surface area contributed by atoms with Gasteiger partial charge < -0.3 is 16.0 Å². The van der Waals surface area contributed by atoms with Crippen LogP contribution in [0.3, 0.4) is 0 Å². The number of benzene rings is 1. The molecule has 0 atom stereocenters. The van der Waals surface area contributed by atoms with Gasteiger partial charge in [0.05, 0.1) is 6.54 Å². The fraction of sp³-hybridized carbons (Fsp3) is 0.467. The average molecular weight is 276 g/mol.